The number of benzene rings is 1. The van der Waals surface area contributed by atoms with Crippen LogP contribution >= 0.6 is 11.8 Å². The topological polar surface area (TPSA) is 69.4 Å². The third-order valence-corrected chi connectivity index (χ3v) is 6.63. The van der Waals surface area contributed by atoms with Crippen molar-refractivity contribution in [3.63, 3.8) is 0 Å². The summed E-state index contributed by atoms with van der Waals surface area (Å²) in [5.41, 5.74) is -0.0696. The van der Waals surface area contributed by atoms with Crippen molar-refractivity contribution in [3.8, 4) is 0 Å². The van der Waals surface area contributed by atoms with E-state index in [-0.39, 0.29) is 29.4 Å². The fourth-order valence-electron chi connectivity index (χ4n) is 3.90. The molecule has 1 aromatic heterocycles. The van der Waals surface area contributed by atoms with E-state index < -0.39 is 0 Å². The molecule has 0 spiro atoms. The molecule has 1 saturated carbocycles. The second-order valence-corrected chi connectivity index (χ2v) is 8.93. The summed E-state index contributed by atoms with van der Waals surface area (Å²) >= 11 is 1.41. The van der Waals surface area contributed by atoms with Crippen LogP contribution in [-0.2, 0) is 16.1 Å². The predicted octanol–water partition coefficient (Wildman–Crippen LogP) is 2.66. The molecule has 4 rings (SSSR count). The van der Waals surface area contributed by atoms with Crippen molar-refractivity contribution < 1.29 is 13.9 Å². The smallest absolute Gasteiger partial charge is 0.346 e. The fraction of sp³-hybridized carbons (Fsp3) is 0.571. The molecule has 0 bridgehead atoms. The third kappa shape index (κ3) is 4.78. The number of carbonyl (C=O) groups excluding carboxylic acids is 1. The van der Waals surface area contributed by atoms with Gasteiger partial charge in [-0.25, -0.2) is 13.9 Å². The van der Waals surface area contributed by atoms with Crippen molar-refractivity contribution in [2.24, 2.45) is 0 Å². The first-order valence-corrected chi connectivity index (χ1v) is 11.4. The fourth-order valence-corrected chi connectivity index (χ4v) is 4.70. The standard InChI is InChI=1S/C21H27FN4O3S/c1-29-12-11-25-21(28)26(17-6-7-17)20(23-25)15-3-2-10-24(13-15)19(27)14-30-18-8-4-16(22)5-9-18/h4-5,8-9,15,17H,2-3,6-7,10-14H2,1H3. The minimum atomic E-state index is -0.281. The molecule has 2 aliphatic rings. The molecule has 1 aliphatic carbocycles. The van der Waals surface area contributed by atoms with Gasteiger partial charge in [0.15, 0.2) is 0 Å². The van der Waals surface area contributed by atoms with Gasteiger partial charge >= 0.3 is 5.69 Å². The van der Waals surface area contributed by atoms with Crippen LogP contribution in [-0.4, -0.2) is 57.7 Å². The highest BCUT2D eigenvalue weighted by atomic mass is 32.2. The van der Waals surface area contributed by atoms with Crippen molar-refractivity contribution >= 4 is 17.7 Å². The molecule has 1 aliphatic heterocycles. The number of likely N-dealkylation sites (tertiary alicyclic amines) is 1. The number of ether oxygens (including phenoxy) is 1. The van der Waals surface area contributed by atoms with Gasteiger partial charge in [0.1, 0.15) is 11.6 Å². The van der Waals surface area contributed by atoms with Crippen LogP contribution in [0.1, 0.15) is 43.5 Å². The summed E-state index contributed by atoms with van der Waals surface area (Å²) in [6.07, 6.45) is 3.82. The Kier molecular flexibility index (Phi) is 6.58. The maximum Gasteiger partial charge on any atom is 0.346 e. The molecule has 1 amide bonds. The first-order chi connectivity index (χ1) is 14.6. The summed E-state index contributed by atoms with van der Waals surface area (Å²) in [7, 11) is 1.61. The summed E-state index contributed by atoms with van der Waals surface area (Å²) in [4.78, 5) is 28.3. The van der Waals surface area contributed by atoms with Gasteiger partial charge in [0.2, 0.25) is 5.91 Å². The predicted molar refractivity (Wildman–Crippen MR) is 112 cm³/mol. The number of hydrogen-bond acceptors (Lipinski definition) is 5. The zero-order chi connectivity index (χ0) is 21.1. The number of nitrogens with zero attached hydrogens (tertiary/aromatic N) is 4. The van der Waals surface area contributed by atoms with Crippen molar-refractivity contribution in [1.82, 2.24) is 19.2 Å². The molecule has 9 heteroatoms. The third-order valence-electron chi connectivity index (χ3n) is 5.63. The Hall–Kier alpha value is -2.13. The zero-order valence-corrected chi connectivity index (χ0v) is 17.9. The van der Waals surface area contributed by atoms with Gasteiger partial charge in [-0.15, -0.1) is 11.8 Å². The minimum absolute atomic E-state index is 0.0631. The number of hydrogen-bond donors (Lipinski definition) is 0. The van der Waals surface area contributed by atoms with E-state index in [9.17, 15) is 14.0 Å². The molecule has 1 atom stereocenters. The number of thioether (sulfide) groups is 1. The van der Waals surface area contributed by atoms with Crippen molar-refractivity contribution in [2.75, 3.05) is 32.6 Å². The molecule has 2 fully saturated rings. The van der Waals surface area contributed by atoms with E-state index >= 15 is 0 Å². The number of aromatic nitrogens is 3. The van der Waals surface area contributed by atoms with Gasteiger partial charge in [0.05, 0.1) is 18.9 Å². The van der Waals surface area contributed by atoms with Crippen LogP contribution in [0.3, 0.4) is 0 Å². The molecule has 1 saturated heterocycles. The average Bonchev–Trinajstić information content (AvgIpc) is 3.55. The Morgan fingerprint density at radius 2 is 2.03 bits per heavy atom. The van der Waals surface area contributed by atoms with E-state index in [0.29, 0.717) is 25.4 Å². The van der Waals surface area contributed by atoms with Gasteiger partial charge in [-0.1, -0.05) is 0 Å². The first kappa shape index (κ1) is 21.1. The number of methoxy groups -OCH3 is 1. The average molecular weight is 435 g/mol. The Morgan fingerprint density at radius 3 is 2.73 bits per heavy atom. The number of piperidine rings is 1. The van der Waals surface area contributed by atoms with Crippen molar-refractivity contribution in [3.05, 3.63) is 46.4 Å². The Bertz CT molecular complexity index is 939. The summed E-state index contributed by atoms with van der Waals surface area (Å²) in [6.45, 7) is 2.18. The first-order valence-electron chi connectivity index (χ1n) is 10.4. The van der Waals surface area contributed by atoms with E-state index in [1.165, 1.54) is 28.6 Å². The Labute approximate surface area is 179 Å². The lowest BCUT2D eigenvalue weighted by Gasteiger charge is -2.32. The highest BCUT2D eigenvalue weighted by Crippen LogP contribution is 2.37. The second-order valence-electron chi connectivity index (χ2n) is 7.88. The normalized spacial score (nSPS) is 19.3. The molecule has 162 valence electrons. The van der Waals surface area contributed by atoms with E-state index in [2.05, 4.69) is 5.10 Å². The maximum atomic E-state index is 13.0. The Balaban J connectivity index is 1.44. The van der Waals surface area contributed by atoms with Crippen LogP contribution in [0.25, 0.3) is 0 Å². The van der Waals surface area contributed by atoms with Gasteiger partial charge in [-0.05, 0) is 49.9 Å². The van der Waals surface area contributed by atoms with E-state index in [1.807, 2.05) is 9.47 Å². The van der Waals surface area contributed by atoms with E-state index in [1.54, 1.807) is 19.2 Å². The van der Waals surface area contributed by atoms with Gasteiger partial charge in [-0.2, -0.15) is 5.10 Å². The van der Waals surface area contributed by atoms with Crippen molar-refractivity contribution in [1.29, 1.82) is 0 Å². The molecular weight excluding hydrogens is 407 g/mol. The molecular formula is C21H27FN4O3S. The summed E-state index contributed by atoms with van der Waals surface area (Å²) in [6, 6.07) is 6.42. The van der Waals surface area contributed by atoms with E-state index in [0.717, 1.165) is 42.9 Å². The maximum absolute atomic E-state index is 13.0. The largest absolute Gasteiger partial charge is 0.383 e. The molecule has 30 heavy (non-hydrogen) atoms. The quantitative estimate of drug-likeness (QED) is 0.598. The Morgan fingerprint density at radius 1 is 1.27 bits per heavy atom. The molecule has 2 heterocycles. The zero-order valence-electron chi connectivity index (χ0n) is 17.1. The molecule has 0 radical (unpaired) electrons. The lowest BCUT2D eigenvalue weighted by molar-refractivity contribution is -0.129. The van der Waals surface area contributed by atoms with Gasteiger partial charge in [-0.3, -0.25) is 9.36 Å². The highest BCUT2D eigenvalue weighted by Gasteiger charge is 2.35. The second kappa shape index (κ2) is 9.34. The van der Waals surface area contributed by atoms with Gasteiger partial charge in [0, 0.05) is 37.1 Å². The molecule has 1 unspecified atom stereocenters. The monoisotopic (exact) mass is 434 g/mol. The van der Waals surface area contributed by atoms with Crippen molar-refractivity contribution in [2.45, 2.75) is 49.1 Å². The van der Waals surface area contributed by atoms with Crippen LogP contribution < -0.4 is 5.69 Å². The number of carbonyl (C=O) groups is 1. The molecule has 1 aromatic carbocycles. The van der Waals surface area contributed by atoms with Crippen LogP contribution in [0.2, 0.25) is 0 Å². The van der Waals surface area contributed by atoms with Crippen LogP contribution in [0.15, 0.2) is 34.0 Å². The lowest BCUT2D eigenvalue weighted by Crippen LogP contribution is -2.41. The number of halogens is 1. The van der Waals surface area contributed by atoms with Gasteiger partial charge < -0.3 is 9.64 Å². The van der Waals surface area contributed by atoms with E-state index in [4.69, 9.17) is 4.74 Å². The minimum Gasteiger partial charge on any atom is -0.383 e. The summed E-state index contributed by atoms with van der Waals surface area (Å²) in [5, 5.41) is 4.64. The van der Waals surface area contributed by atoms with Crippen LogP contribution in [0.5, 0.6) is 0 Å². The highest BCUT2D eigenvalue weighted by molar-refractivity contribution is 8.00. The number of rotatable bonds is 8. The lowest BCUT2D eigenvalue weighted by atomic mass is 9.97. The molecule has 0 N–H and O–H groups in total. The summed E-state index contributed by atoms with van der Waals surface area (Å²) < 4.78 is 21.5. The SMILES string of the molecule is COCCn1nc(C2CCCN(C(=O)CSc3ccc(F)cc3)C2)n(C2CC2)c1=O. The summed E-state index contributed by atoms with van der Waals surface area (Å²) in [5.74, 6) is 0.970. The number of amides is 1. The molecule has 7 nitrogen and oxygen atoms in total. The molecule has 2 aromatic rings. The van der Waals surface area contributed by atoms with Crippen LogP contribution in [0, 0.1) is 5.82 Å². The van der Waals surface area contributed by atoms with Crippen LogP contribution in [0.4, 0.5) is 4.39 Å². The van der Waals surface area contributed by atoms with Gasteiger partial charge in [0.25, 0.3) is 0 Å².